The van der Waals surface area contributed by atoms with Crippen LogP contribution in [0.25, 0.3) is 0 Å². The van der Waals surface area contributed by atoms with Gasteiger partial charge in [-0.3, -0.25) is 4.79 Å². The quantitative estimate of drug-likeness (QED) is 0.860. The number of likely N-dealkylation sites (tertiary alicyclic amines) is 1. The van der Waals surface area contributed by atoms with Crippen LogP contribution in [0, 0.1) is 5.92 Å². The first-order valence-corrected chi connectivity index (χ1v) is 10.5. The van der Waals surface area contributed by atoms with Gasteiger partial charge in [0.05, 0.1) is 0 Å². The Morgan fingerprint density at radius 1 is 1.00 bits per heavy atom. The van der Waals surface area contributed by atoms with Gasteiger partial charge >= 0.3 is 0 Å². The SMILES string of the molecule is CC1CCN(C(=O)c2ccnc(Nc3ccc(N4CCN(C)CC4)cc3)n2)CC1. The van der Waals surface area contributed by atoms with Crippen LogP contribution in [-0.2, 0) is 0 Å². The molecule has 29 heavy (non-hydrogen) atoms. The standard InChI is InChI=1S/C22H30N6O/c1-17-8-11-28(12-9-17)21(29)20-7-10-23-22(25-20)24-18-3-5-19(6-4-18)27-15-13-26(2)14-16-27/h3-7,10,17H,8-9,11-16H2,1-2H3,(H,23,24,25). The Kier molecular flexibility index (Phi) is 5.94. The van der Waals surface area contributed by atoms with E-state index in [4.69, 9.17) is 0 Å². The monoisotopic (exact) mass is 394 g/mol. The number of piperidine rings is 1. The number of hydrogen-bond acceptors (Lipinski definition) is 6. The topological polar surface area (TPSA) is 64.6 Å². The van der Waals surface area contributed by atoms with Gasteiger partial charge in [-0.1, -0.05) is 6.92 Å². The van der Waals surface area contributed by atoms with Gasteiger partial charge < -0.3 is 20.0 Å². The summed E-state index contributed by atoms with van der Waals surface area (Å²) in [6, 6.07) is 10.0. The molecule has 2 fully saturated rings. The summed E-state index contributed by atoms with van der Waals surface area (Å²) in [5.41, 5.74) is 2.60. The van der Waals surface area contributed by atoms with Crippen molar-refractivity contribution in [3.8, 4) is 0 Å². The third-order valence-corrected chi connectivity index (χ3v) is 5.94. The molecule has 0 radical (unpaired) electrons. The van der Waals surface area contributed by atoms with E-state index < -0.39 is 0 Å². The van der Waals surface area contributed by atoms with E-state index in [0.717, 1.165) is 57.8 Å². The molecule has 2 aromatic rings. The molecule has 1 amide bonds. The number of benzene rings is 1. The smallest absolute Gasteiger partial charge is 0.272 e. The summed E-state index contributed by atoms with van der Waals surface area (Å²) in [7, 11) is 2.16. The average Bonchev–Trinajstić information content (AvgIpc) is 2.75. The van der Waals surface area contributed by atoms with Crippen LogP contribution < -0.4 is 10.2 Å². The molecule has 0 unspecified atom stereocenters. The zero-order valence-corrected chi connectivity index (χ0v) is 17.3. The van der Waals surface area contributed by atoms with Gasteiger partial charge in [-0.05, 0) is 56.1 Å². The third kappa shape index (κ3) is 4.85. The molecule has 0 atom stereocenters. The van der Waals surface area contributed by atoms with Crippen molar-refractivity contribution in [1.82, 2.24) is 19.8 Å². The van der Waals surface area contributed by atoms with E-state index in [2.05, 4.69) is 51.2 Å². The van der Waals surface area contributed by atoms with Crippen LogP contribution in [0.5, 0.6) is 0 Å². The molecule has 1 aromatic carbocycles. The van der Waals surface area contributed by atoms with Crippen LogP contribution in [0.3, 0.4) is 0 Å². The molecule has 0 saturated carbocycles. The Balaban J connectivity index is 1.39. The summed E-state index contributed by atoms with van der Waals surface area (Å²) in [5.74, 6) is 1.14. The molecule has 0 bridgehead atoms. The van der Waals surface area contributed by atoms with Crippen LogP contribution >= 0.6 is 0 Å². The highest BCUT2D eigenvalue weighted by Crippen LogP contribution is 2.22. The summed E-state index contributed by atoms with van der Waals surface area (Å²) in [6.45, 7) is 8.12. The van der Waals surface area contributed by atoms with Crippen molar-refractivity contribution in [2.24, 2.45) is 5.92 Å². The predicted octanol–water partition coefficient (Wildman–Crippen LogP) is 2.84. The second-order valence-corrected chi connectivity index (χ2v) is 8.20. The number of rotatable bonds is 4. The molecule has 2 saturated heterocycles. The van der Waals surface area contributed by atoms with Crippen molar-refractivity contribution in [2.75, 3.05) is 56.5 Å². The van der Waals surface area contributed by atoms with E-state index in [1.54, 1.807) is 12.3 Å². The van der Waals surface area contributed by atoms with E-state index in [-0.39, 0.29) is 5.91 Å². The number of nitrogens with zero attached hydrogens (tertiary/aromatic N) is 5. The summed E-state index contributed by atoms with van der Waals surface area (Å²) in [4.78, 5) is 28.1. The van der Waals surface area contributed by atoms with Gasteiger partial charge in [0, 0.05) is 56.8 Å². The number of aromatic nitrogens is 2. The molecule has 7 heteroatoms. The third-order valence-electron chi connectivity index (χ3n) is 5.94. The van der Waals surface area contributed by atoms with Crippen molar-refractivity contribution < 1.29 is 4.79 Å². The summed E-state index contributed by atoms with van der Waals surface area (Å²) in [6.07, 6.45) is 3.76. The first-order valence-electron chi connectivity index (χ1n) is 10.5. The lowest BCUT2D eigenvalue weighted by atomic mass is 9.99. The first kappa shape index (κ1) is 19.6. The minimum absolute atomic E-state index is 0.00670. The summed E-state index contributed by atoms with van der Waals surface area (Å²) in [5, 5.41) is 3.23. The molecule has 1 aromatic heterocycles. The number of carbonyl (C=O) groups excluding carboxylic acids is 1. The number of anilines is 3. The van der Waals surface area contributed by atoms with Gasteiger partial charge in [0.15, 0.2) is 0 Å². The molecular formula is C22H30N6O. The van der Waals surface area contributed by atoms with E-state index >= 15 is 0 Å². The molecular weight excluding hydrogens is 364 g/mol. The Morgan fingerprint density at radius 3 is 2.38 bits per heavy atom. The highest BCUT2D eigenvalue weighted by Gasteiger charge is 2.22. The van der Waals surface area contributed by atoms with Gasteiger partial charge in [0.25, 0.3) is 5.91 Å². The minimum atomic E-state index is -0.00670. The van der Waals surface area contributed by atoms with E-state index in [1.165, 1.54) is 5.69 Å². The maximum Gasteiger partial charge on any atom is 0.272 e. The number of hydrogen-bond donors (Lipinski definition) is 1. The van der Waals surface area contributed by atoms with Gasteiger partial charge in [-0.25, -0.2) is 9.97 Å². The maximum atomic E-state index is 12.8. The van der Waals surface area contributed by atoms with Crippen LogP contribution in [-0.4, -0.2) is 72.0 Å². The molecule has 1 N–H and O–H groups in total. The molecule has 4 rings (SSSR count). The Hall–Kier alpha value is -2.67. The fourth-order valence-electron chi connectivity index (χ4n) is 3.86. The zero-order valence-electron chi connectivity index (χ0n) is 17.3. The van der Waals surface area contributed by atoms with E-state index in [0.29, 0.717) is 17.6 Å². The van der Waals surface area contributed by atoms with Crippen molar-refractivity contribution in [3.05, 3.63) is 42.2 Å². The zero-order chi connectivity index (χ0) is 20.2. The van der Waals surface area contributed by atoms with Crippen LogP contribution in [0.1, 0.15) is 30.3 Å². The van der Waals surface area contributed by atoms with Crippen LogP contribution in [0.15, 0.2) is 36.5 Å². The van der Waals surface area contributed by atoms with Gasteiger partial charge in [-0.15, -0.1) is 0 Å². The highest BCUT2D eigenvalue weighted by molar-refractivity contribution is 5.92. The largest absolute Gasteiger partial charge is 0.369 e. The van der Waals surface area contributed by atoms with Crippen LogP contribution in [0.4, 0.5) is 17.3 Å². The van der Waals surface area contributed by atoms with E-state index in [9.17, 15) is 4.79 Å². The Bertz CT molecular complexity index is 823. The van der Waals surface area contributed by atoms with Crippen molar-refractivity contribution in [1.29, 1.82) is 0 Å². The first-order chi connectivity index (χ1) is 14.1. The van der Waals surface area contributed by atoms with Gasteiger partial charge in [0.1, 0.15) is 5.69 Å². The van der Waals surface area contributed by atoms with Crippen molar-refractivity contribution in [2.45, 2.75) is 19.8 Å². The number of carbonyl (C=O) groups is 1. The molecule has 0 aliphatic carbocycles. The average molecular weight is 395 g/mol. The number of likely N-dealkylation sites (N-methyl/N-ethyl adjacent to an activating group) is 1. The Labute approximate surface area is 172 Å². The number of nitrogens with one attached hydrogen (secondary N) is 1. The molecule has 7 nitrogen and oxygen atoms in total. The predicted molar refractivity (Wildman–Crippen MR) is 116 cm³/mol. The normalized spacial score (nSPS) is 18.7. The summed E-state index contributed by atoms with van der Waals surface area (Å²) >= 11 is 0. The fourth-order valence-corrected chi connectivity index (χ4v) is 3.86. The fraction of sp³-hybridized carbons (Fsp3) is 0.500. The molecule has 0 spiro atoms. The number of piperazine rings is 1. The number of amides is 1. The Morgan fingerprint density at radius 2 is 1.69 bits per heavy atom. The lowest BCUT2D eigenvalue weighted by molar-refractivity contribution is 0.0691. The highest BCUT2D eigenvalue weighted by atomic mass is 16.2. The second-order valence-electron chi connectivity index (χ2n) is 8.20. The molecule has 3 heterocycles. The minimum Gasteiger partial charge on any atom is -0.369 e. The van der Waals surface area contributed by atoms with Gasteiger partial charge in [-0.2, -0.15) is 0 Å². The van der Waals surface area contributed by atoms with Crippen LogP contribution in [0.2, 0.25) is 0 Å². The van der Waals surface area contributed by atoms with Crippen molar-refractivity contribution in [3.63, 3.8) is 0 Å². The molecule has 2 aliphatic heterocycles. The van der Waals surface area contributed by atoms with E-state index in [1.807, 2.05) is 17.0 Å². The second kappa shape index (κ2) is 8.78. The lowest BCUT2D eigenvalue weighted by Gasteiger charge is -2.34. The van der Waals surface area contributed by atoms with Gasteiger partial charge in [0.2, 0.25) is 5.95 Å². The summed E-state index contributed by atoms with van der Waals surface area (Å²) < 4.78 is 0. The maximum absolute atomic E-state index is 12.8. The molecule has 154 valence electrons. The molecule has 2 aliphatic rings. The van der Waals surface area contributed by atoms with Crippen molar-refractivity contribution >= 4 is 23.2 Å². The lowest BCUT2D eigenvalue weighted by Crippen LogP contribution is -2.44.